The van der Waals surface area contributed by atoms with E-state index in [9.17, 15) is 28.6 Å². The number of nitro benzene ring substituents is 2. The van der Waals surface area contributed by atoms with Gasteiger partial charge in [0.1, 0.15) is 4.21 Å². The van der Waals surface area contributed by atoms with E-state index in [2.05, 4.69) is 4.98 Å². The molecule has 0 saturated carbocycles. The Morgan fingerprint density at radius 3 is 2.32 bits per heavy atom. The largest absolute Gasteiger partial charge is 0.290 e. The Morgan fingerprint density at radius 1 is 1.04 bits per heavy atom. The number of benzene rings is 2. The molecule has 0 unspecified atom stereocenters. The van der Waals surface area contributed by atoms with Crippen molar-refractivity contribution in [3.05, 3.63) is 73.8 Å². The molecule has 144 valence electrons. The van der Waals surface area contributed by atoms with Gasteiger partial charge in [-0.3, -0.25) is 20.2 Å². The maximum absolute atomic E-state index is 12.9. The van der Waals surface area contributed by atoms with Gasteiger partial charge in [-0.15, -0.1) is 11.3 Å². The van der Waals surface area contributed by atoms with Gasteiger partial charge >= 0.3 is 0 Å². The first kappa shape index (κ1) is 19.9. The van der Waals surface area contributed by atoms with E-state index in [1.54, 1.807) is 12.1 Å². The van der Waals surface area contributed by atoms with Gasteiger partial charge in [0, 0.05) is 6.07 Å². The summed E-state index contributed by atoms with van der Waals surface area (Å²) in [6.07, 6.45) is 0. The Hall–Kier alpha value is -2.83. The second-order valence-corrected chi connectivity index (χ2v) is 9.56. The van der Waals surface area contributed by atoms with Crippen LogP contribution in [0.3, 0.4) is 0 Å². The zero-order chi connectivity index (χ0) is 20.5. The van der Waals surface area contributed by atoms with Crippen molar-refractivity contribution in [2.24, 2.45) is 0 Å². The summed E-state index contributed by atoms with van der Waals surface area (Å²) >= 11 is 1.85. The molecule has 28 heavy (non-hydrogen) atoms. The third-order valence-corrected chi connectivity index (χ3v) is 7.71. The first-order valence-corrected chi connectivity index (χ1v) is 10.7. The summed E-state index contributed by atoms with van der Waals surface area (Å²) in [5.41, 5.74) is 1.33. The van der Waals surface area contributed by atoms with Gasteiger partial charge in [-0.25, -0.2) is 13.4 Å². The van der Waals surface area contributed by atoms with Crippen LogP contribution in [0.25, 0.3) is 0 Å². The molecule has 1 aromatic heterocycles. The number of nitrogens with zero attached hydrogens (tertiary/aromatic N) is 3. The van der Waals surface area contributed by atoms with Crippen molar-refractivity contribution in [3.63, 3.8) is 0 Å². The van der Waals surface area contributed by atoms with Crippen LogP contribution >= 0.6 is 23.1 Å². The third-order valence-electron chi connectivity index (χ3n) is 3.64. The molecule has 0 N–H and O–H groups in total. The molecule has 12 heteroatoms. The van der Waals surface area contributed by atoms with Gasteiger partial charge in [-0.2, -0.15) is 0 Å². The molecule has 0 aliphatic heterocycles. The van der Waals surface area contributed by atoms with Crippen molar-refractivity contribution in [2.45, 2.75) is 25.9 Å². The Bertz CT molecular complexity index is 1170. The quantitative estimate of drug-likeness (QED) is 0.413. The van der Waals surface area contributed by atoms with Crippen molar-refractivity contribution in [1.82, 2.24) is 4.98 Å². The Balaban J connectivity index is 2.03. The minimum atomic E-state index is -3.92. The molecule has 2 aromatic carbocycles. The minimum absolute atomic E-state index is 0.0593. The van der Waals surface area contributed by atoms with Crippen LogP contribution < -0.4 is 0 Å². The average molecular weight is 437 g/mol. The van der Waals surface area contributed by atoms with Crippen molar-refractivity contribution in [3.8, 4) is 0 Å². The number of hydrogen-bond acceptors (Lipinski definition) is 9. The van der Waals surface area contributed by atoms with Gasteiger partial charge in [0.05, 0.1) is 31.2 Å². The van der Waals surface area contributed by atoms with Crippen LogP contribution in [-0.4, -0.2) is 23.2 Å². The number of non-ortho nitro benzene ring substituents is 1. The van der Waals surface area contributed by atoms with Crippen LogP contribution in [0, 0.1) is 27.2 Å². The van der Waals surface area contributed by atoms with Gasteiger partial charge < -0.3 is 0 Å². The molecule has 0 spiro atoms. The van der Waals surface area contributed by atoms with Crippen molar-refractivity contribution in [1.29, 1.82) is 0 Å². The zero-order valence-corrected chi connectivity index (χ0v) is 16.6. The number of hydrogen-bond donors (Lipinski definition) is 0. The third kappa shape index (κ3) is 3.88. The van der Waals surface area contributed by atoms with E-state index in [0.717, 1.165) is 40.8 Å². The molecule has 3 aromatic rings. The summed E-state index contributed by atoms with van der Waals surface area (Å²) in [5.74, 6) is 0. The van der Waals surface area contributed by atoms with Gasteiger partial charge in [0.25, 0.3) is 11.4 Å². The predicted molar refractivity (Wildman–Crippen MR) is 103 cm³/mol. The zero-order valence-electron chi connectivity index (χ0n) is 14.1. The average Bonchev–Trinajstić information content (AvgIpc) is 3.11. The summed E-state index contributed by atoms with van der Waals surface area (Å²) < 4.78 is 26.0. The van der Waals surface area contributed by atoms with Crippen molar-refractivity contribution >= 4 is 44.3 Å². The smallest absolute Gasteiger partial charge is 0.258 e. The standard InChI is InChI=1S/C16H11N3O6S3/c1-10-2-5-12(6-3-10)28(24,25)15-16(26-9-17-15)27-14-7-4-11(18(20)21)8-13(14)19(22)23/h2-9H,1H3. The molecule has 0 aliphatic rings. The normalized spacial score (nSPS) is 11.3. The molecular weight excluding hydrogens is 426 g/mol. The highest BCUT2D eigenvalue weighted by Crippen LogP contribution is 2.42. The number of nitro groups is 2. The molecule has 0 radical (unpaired) electrons. The van der Waals surface area contributed by atoms with E-state index in [4.69, 9.17) is 0 Å². The molecule has 0 fully saturated rings. The fraction of sp³-hybridized carbons (Fsp3) is 0.0625. The van der Waals surface area contributed by atoms with Crippen LogP contribution in [0.15, 0.2) is 67.0 Å². The van der Waals surface area contributed by atoms with Crippen LogP contribution in [0.2, 0.25) is 0 Å². The summed E-state index contributed by atoms with van der Waals surface area (Å²) in [6, 6.07) is 9.45. The van der Waals surface area contributed by atoms with E-state index in [1.165, 1.54) is 23.7 Å². The molecule has 0 amide bonds. The fourth-order valence-electron chi connectivity index (χ4n) is 2.25. The lowest BCUT2D eigenvalue weighted by Crippen LogP contribution is -2.03. The van der Waals surface area contributed by atoms with E-state index in [-0.39, 0.29) is 19.0 Å². The lowest BCUT2D eigenvalue weighted by Gasteiger charge is -2.06. The fourth-order valence-corrected chi connectivity index (χ4v) is 6.08. The van der Waals surface area contributed by atoms with Crippen molar-refractivity contribution < 1.29 is 18.3 Å². The molecule has 9 nitrogen and oxygen atoms in total. The molecule has 0 aliphatic carbocycles. The second-order valence-electron chi connectivity index (χ2n) is 5.53. The van der Waals surface area contributed by atoms with Gasteiger partial charge in [0.2, 0.25) is 9.84 Å². The highest BCUT2D eigenvalue weighted by Gasteiger charge is 2.27. The maximum Gasteiger partial charge on any atom is 0.290 e. The molecule has 3 rings (SSSR count). The number of thiazole rings is 1. The van der Waals surface area contributed by atoms with E-state index in [1.807, 2.05) is 6.92 Å². The van der Waals surface area contributed by atoms with E-state index < -0.39 is 31.1 Å². The summed E-state index contributed by atoms with van der Waals surface area (Å²) in [6.45, 7) is 1.83. The first-order valence-electron chi connectivity index (χ1n) is 7.56. The van der Waals surface area contributed by atoms with Gasteiger partial charge in [-0.05, 0) is 25.1 Å². The number of rotatable bonds is 6. The van der Waals surface area contributed by atoms with E-state index >= 15 is 0 Å². The minimum Gasteiger partial charge on any atom is -0.258 e. The summed E-state index contributed by atoms with van der Waals surface area (Å²) in [5, 5.41) is 21.9. The lowest BCUT2D eigenvalue weighted by atomic mass is 10.2. The van der Waals surface area contributed by atoms with Gasteiger partial charge in [-0.1, -0.05) is 29.5 Å². The molecule has 0 atom stereocenters. The topological polar surface area (TPSA) is 133 Å². The Morgan fingerprint density at radius 2 is 1.71 bits per heavy atom. The molecule has 0 saturated heterocycles. The Labute approximate surface area is 167 Å². The van der Waals surface area contributed by atoms with Crippen LogP contribution in [-0.2, 0) is 9.84 Å². The monoisotopic (exact) mass is 437 g/mol. The summed E-state index contributed by atoms with van der Waals surface area (Å²) in [7, 11) is -3.92. The molecule has 1 heterocycles. The first-order chi connectivity index (χ1) is 13.2. The van der Waals surface area contributed by atoms with Crippen LogP contribution in [0.4, 0.5) is 11.4 Å². The van der Waals surface area contributed by atoms with Crippen LogP contribution in [0.1, 0.15) is 5.56 Å². The highest BCUT2D eigenvalue weighted by atomic mass is 32.2. The lowest BCUT2D eigenvalue weighted by molar-refractivity contribution is -0.396. The Kier molecular flexibility index (Phi) is 5.45. The number of sulfone groups is 1. The van der Waals surface area contributed by atoms with Crippen molar-refractivity contribution in [2.75, 3.05) is 0 Å². The van der Waals surface area contributed by atoms with Gasteiger partial charge in [0.15, 0.2) is 5.03 Å². The van der Waals surface area contributed by atoms with Crippen LogP contribution in [0.5, 0.6) is 0 Å². The molecule has 0 bridgehead atoms. The second kappa shape index (κ2) is 7.66. The highest BCUT2D eigenvalue weighted by molar-refractivity contribution is 8.02. The summed E-state index contributed by atoms with van der Waals surface area (Å²) in [4.78, 5) is 24.8. The predicted octanol–water partition coefficient (Wildman–Crippen LogP) is 4.25. The van der Waals surface area contributed by atoms with E-state index in [0.29, 0.717) is 0 Å². The number of aromatic nitrogens is 1. The number of aryl methyl sites for hydroxylation is 1. The SMILES string of the molecule is Cc1ccc(S(=O)(=O)c2ncsc2Sc2ccc([N+](=O)[O-])cc2[N+](=O)[O-])cc1. The molecular formula is C16H11N3O6S3. The maximum atomic E-state index is 12.9.